The summed E-state index contributed by atoms with van der Waals surface area (Å²) in [4.78, 5) is 18.5. The third kappa shape index (κ3) is 29.1. The lowest BCUT2D eigenvalue weighted by molar-refractivity contribution is 0.254. The van der Waals surface area contributed by atoms with Crippen LogP contribution < -0.4 is 37.9 Å². The maximum absolute atomic E-state index is 6.17. The number of aromatic nitrogens is 4. The zero-order valence-electron chi connectivity index (χ0n) is 58.1. The van der Waals surface area contributed by atoms with E-state index in [0.29, 0.717) is 52.9 Å². The van der Waals surface area contributed by atoms with Gasteiger partial charge in [-0.25, -0.2) is 19.9 Å². The summed E-state index contributed by atoms with van der Waals surface area (Å²) in [6.45, 7) is 9.94. The Labute approximate surface area is 575 Å². The zero-order chi connectivity index (χ0) is 66.4. The van der Waals surface area contributed by atoms with Crippen LogP contribution in [0.25, 0.3) is 33.9 Å². The van der Waals surface area contributed by atoms with Crippen LogP contribution in [0.5, 0.6) is 46.0 Å². The lowest BCUT2D eigenvalue weighted by atomic mass is 10.1. The second kappa shape index (κ2) is 46.1. The minimum absolute atomic E-state index is 0.662. The molecule has 514 valence electrons. The Balaban J connectivity index is 0.576. The molecule has 2 heterocycles. The molecule has 0 radical (unpaired) electrons. The van der Waals surface area contributed by atoms with Gasteiger partial charge in [0.25, 0.3) is 0 Å². The number of hydrogen-bond donors (Lipinski definition) is 0. The summed E-state index contributed by atoms with van der Waals surface area (Å²) in [5.74, 6) is 8.31. The summed E-state index contributed by atoms with van der Waals surface area (Å²) in [7, 11) is 0. The summed E-state index contributed by atoms with van der Waals surface area (Å²) < 4.78 is 49.0. The molecule has 2 aromatic heterocycles. The number of para-hydroxylation sites is 4. The predicted molar refractivity (Wildman–Crippen MR) is 392 cm³/mol. The van der Waals surface area contributed by atoms with Gasteiger partial charge in [0.15, 0.2) is 34.6 Å². The van der Waals surface area contributed by atoms with E-state index in [0.717, 1.165) is 195 Å². The molecule has 0 bridgehead atoms. The molecule has 0 atom stereocenters. The molecule has 12 nitrogen and oxygen atoms in total. The van der Waals surface area contributed by atoms with E-state index in [4.69, 9.17) is 37.9 Å². The zero-order valence-corrected chi connectivity index (χ0v) is 58.1. The first-order chi connectivity index (χ1) is 47.6. The van der Waals surface area contributed by atoms with Gasteiger partial charge in [-0.2, -0.15) is 0 Å². The van der Waals surface area contributed by atoms with Crippen molar-refractivity contribution in [3.8, 4) is 79.9 Å². The molecule has 0 aliphatic heterocycles. The van der Waals surface area contributed by atoms with Gasteiger partial charge in [0, 0.05) is 35.9 Å². The number of benzene rings is 6. The second-order valence-corrected chi connectivity index (χ2v) is 25.3. The van der Waals surface area contributed by atoms with Crippen molar-refractivity contribution in [1.82, 2.24) is 19.9 Å². The van der Waals surface area contributed by atoms with Crippen LogP contribution in [0.1, 0.15) is 205 Å². The van der Waals surface area contributed by atoms with Crippen LogP contribution in [0.3, 0.4) is 0 Å². The largest absolute Gasteiger partial charge is 0.494 e. The van der Waals surface area contributed by atoms with E-state index < -0.39 is 0 Å². The van der Waals surface area contributed by atoms with E-state index >= 15 is 0 Å². The number of rotatable bonds is 53. The lowest BCUT2D eigenvalue weighted by Gasteiger charge is -2.13. The monoisotopic (exact) mass is 1300 g/mol. The number of unbranched alkanes of at least 4 members (excludes halogenated alkanes) is 22. The quantitative estimate of drug-likeness (QED) is 0.0337. The first-order valence-electron chi connectivity index (χ1n) is 36.8. The van der Waals surface area contributed by atoms with Crippen molar-refractivity contribution in [2.24, 2.45) is 0 Å². The highest BCUT2D eigenvalue weighted by Crippen LogP contribution is 2.30. The SMILES string of the molecule is CCCCCCCCc1cnc(-c2ccc(OCCCCCCOc3ccccc3OCCCCCCOc3ccc(-c4ccc(OCCCCCCOc5ccccc5OCCCCCCOc5ccc(-c6ncc(CCCCCCCC)cn6)cc5)cc4)cc3)cc2)nc1. The predicted octanol–water partition coefficient (Wildman–Crippen LogP) is 22.1. The number of nitrogens with zero attached hydrogens (tertiary/aromatic N) is 4. The first kappa shape index (κ1) is 73.7. The van der Waals surface area contributed by atoms with Gasteiger partial charge in [-0.05, 0) is 248 Å². The van der Waals surface area contributed by atoms with Crippen molar-refractivity contribution in [3.63, 3.8) is 0 Å². The maximum Gasteiger partial charge on any atom is 0.161 e. The van der Waals surface area contributed by atoms with Crippen LogP contribution >= 0.6 is 0 Å². The van der Waals surface area contributed by atoms with Gasteiger partial charge < -0.3 is 37.9 Å². The minimum Gasteiger partial charge on any atom is -0.494 e. The Morgan fingerprint density at radius 2 is 0.438 bits per heavy atom. The number of aryl methyl sites for hydroxylation is 2. The van der Waals surface area contributed by atoms with Gasteiger partial charge in [-0.1, -0.05) is 127 Å². The highest BCUT2D eigenvalue weighted by atomic mass is 16.5. The molecule has 0 amide bonds. The number of ether oxygens (including phenoxy) is 8. The van der Waals surface area contributed by atoms with Gasteiger partial charge >= 0.3 is 0 Å². The fourth-order valence-electron chi connectivity index (χ4n) is 11.5. The van der Waals surface area contributed by atoms with E-state index in [2.05, 4.69) is 82.3 Å². The first-order valence-corrected chi connectivity index (χ1v) is 36.8. The molecule has 8 aromatic rings. The van der Waals surface area contributed by atoms with Gasteiger partial charge in [-0.15, -0.1) is 0 Å². The van der Waals surface area contributed by atoms with E-state index in [1.54, 1.807) is 0 Å². The fraction of sp³-hybridized carbons (Fsp3) is 0.476. The molecular formula is C84H110N4O8. The molecule has 0 N–H and O–H groups in total. The fourth-order valence-corrected chi connectivity index (χ4v) is 11.5. The molecule has 0 unspecified atom stereocenters. The summed E-state index contributed by atoms with van der Waals surface area (Å²) in [6, 6.07) is 49.0. The molecule has 0 spiro atoms. The Bertz CT molecular complexity index is 3030. The standard InChI is InChI=1S/C84H110N4O8/c1-3-5-7-9-11-21-35-69-65-85-83(86-66-69)73-45-53-77(54-46-73)91-59-29-15-19-33-63-95-81-39-25-23-37-79(81)93-61-31-17-13-27-57-89-75-49-41-71(42-50-75)72-43-51-76(52-44-72)90-58-28-14-18-32-62-94-80-38-24-26-40-82(80)96-64-34-20-16-30-60-92-78-55-47-74(48-56-78)84-87-67-70(68-88-84)36-22-12-10-8-6-4-2/h23-26,37-56,65-68H,3-22,27-36,57-64H2,1-2H3. The molecule has 0 aliphatic carbocycles. The van der Waals surface area contributed by atoms with Crippen molar-refractivity contribution >= 4 is 0 Å². The van der Waals surface area contributed by atoms with Crippen LogP contribution in [0.15, 0.2) is 170 Å². The van der Waals surface area contributed by atoms with Gasteiger partial charge in [-0.3, -0.25) is 0 Å². The van der Waals surface area contributed by atoms with Gasteiger partial charge in [0.1, 0.15) is 23.0 Å². The highest BCUT2D eigenvalue weighted by Gasteiger charge is 2.10. The van der Waals surface area contributed by atoms with E-state index in [-0.39, 0.29) is 0 Å². The maximum atomic E-state index is 6.17. The Kier molecular flexibility index (Phi) is 35.4. The van der Waals surface area contributed by atoms with Crippen molar-refractivity contribution in [1.29, 1.82) is 0 Å². The van der Waals surface area contributed by atoms with Gasteiger partial charge in [0.2, 0.25) is 0 Å². The highest BCUT2D eigenvalue weighted by molar-refractivity contribution is 5.65. The van der Waals surface area contributed by atoms with Crippen molar-refractivity contribution in [3.05, 3.63) is 182 Å². The smallest absolute Gasteiger partial charge is 0.161 e. The topological polar surface area (TPSA) is 125 Å². The van der Waals surface area contributed by atoms with Crippen LogP contribution in [0.4, 0.5) is 0 Å². The Morgan fingerprint density at radius 3 is 0.698 bits per heavy atom. The Morgan fingerprint density at radius 1 is 0.219 bits per heavy atom. The molecular weight excluding hydrogens is 1190 g/mol. The summed E-state index contributed by atoms with van der Waals surface area (Å²) in [5, 5.41) is 0. The second-order valence-electron chi connectivity index (χ2n) is 25.3. The van der Waals surface area contributed by atoms with Gasteiger partial charge in [0.05, 0.1) is 52.9 Å². The molecule has 96 heavy (non-hydrogen) atoms. The number of hydrogen-bond acceptors (Lipinski definition) is 12. The molecule has 8 rings (SSSR count). The molecule has 12 heteroatoms. The molecule has 0 aliphatic rings. The van der Waals surface area contributed by atoms with Crippen LogP contribution in [0.2, 0.25) is 0 Å². The Hall–Kier alpha value is -8.12. The van der Waals surface area contributed by atoms with Crippen LogP contribution in [-0.4, -0.2) is 72.8 Å². The van der Waals surface area contributed by atoms with Crippen molar-refractivity contribution in [2.75, 3.05) is 52.9 Å². The molecule has 0 saturated carbocycles. The normalized spacial score (nSPS) is 11.1. The molecule has 0 fully saturated rings. The van der Waals surface area contributed by atoms with E-state index in [1.807, 2.05) is 122 Å². The minimum atomic E-state index is 0.662. The van der Waals surface area contributed by atoms with Crippen LogP contribution in [0, 0.1) is 0 Å². The van der Waals surface area contributed by atoms with Crippen molar-refractivity contribution < 1.29 is 37.9 Å². The molecule has 6 aromatic carbocycles. The average Bonchev–Trinajstić information content (AvgIpc) is 1.47. The average molecular weight is 1300 g/mol. The van der Waals surface area contributed by atoms with E-state index in [9.17, 15) is 0 Å². The molecule has 0 saturated heterocycles. The summed E-state index contributed by atoms with van der Waals surface area (Å²) in [6.07, 6.45) is 42.2. The third-order valence-electron chi connectivity index (χ3n) is 17.3. The van der Waals surface area contributed by atoms with E-state index in [1.165, 1.54) is 88.2 Å². The third-order valence-corrected chi connectivity index (χ3v) is 17.3. The summed E-state index contributed by atoms with van der Waals surface area (Å²) in [5.41, 5.74) is 6.75. The van der Waals surface area contributed by atoms with Crippen molar-refractivity contribution in [2.45, 2.75) is 206 Å². The van der Waals surface area contributed by atoms with Crippen LogP contribution in [-0.2, 0) is 12.8 Å². The lowest BCUT2D eigenvalue weighted by Crippen LogP contribution is -2.03. The summed E-state index contributed by atoms with van der Waals surface area (Å²) >= 11 is 0.